The van der Waals surface area contributed by atoms with Crippen molar-refractivity contribution in [2.45, 2.75) is 58.1 Å². The van der Waals surface area contributed by atoms with E-state index >= 15 is 0 Å². The summed E-state index contributed by atoms with van der Waals surface area (Å²) in [5.74, 6) is -7.21. The lowest BCUT2D eigenvalue weighted by molar-refractivity contribution is -0.186. The first-order chi connectivity index (χ1) is 21.2. The minimum atomic E-state index is -5.55. The van der Waals surface area contributed by atoms with E-state index in [-0.39, 0.29) is 23.4 Å². The van der Waals surface area contributed by atoms with Gasteiger partial charge in [0, 0.05) is 18.7 Å². The lowest BCUT2D eigenvalue weighted by Crippen LogP contribution is -2.73. The summed E-state index contributed by atoms with van der Waals surface area (Å²) in [5, 5.41) is 0. The maximum Gasteiger partial charge on any atom is 0.454 e. The van der Waals surface area contributed by atoms with Gasteiger partial charge in [-0.25, -0.2) is 0 Å². The third kappa shape index (κ3) is 6.68. The number of amides is 2. The van der Waals surface area contributed by atoms with Gasteiger partial charge in [0.25, 0.3) is 11.7 Å². The van der Waals surface area contributed by atoms with Gasteiger partial charge in [-0.05, 0) is 36.1 Å². The largest absolute Gasteiger partial charge is 0.489 e. The van der Waals surface area contributed by atoms with Crippen molar-refractivity contribution in [1.29, 1.82) is 0 Å². The summed E-state index contributed by atoms with van der Waals surface area (Å²) in [6, 6.07) is 21.3. The molecule has 2 N–H and O–H groups in total. The second kappa shape index (κ2) is 13.1. The second-order valence-electron chi connectivity index (χ2n) is 11.2. The van der Waals surface area contributed by atoms with Gasteiger partial charge in [0.15, 0.2) is 5.66 Å². The molecule has 0 bridgehead atoms. The summed E-state index contributed by atoms with van der Waals surface area (Å²) in [6.07, 6.45) is -4.34. The fourth-order valence-electron chi connectivity index (χ4n) is 5.64. The van der Waals surface area contributed by atoms with Crippen molar-refractivity contribution >= 4 is 29.1 Å². The lowest BCUT2D eigenvalue weighted by Gasteiger charge is -2.50. The summed E-state index contributed by atoms with van der Waals surface area (Å²) in [6.45, 7) is 5.61. The smallest absolute Gasteiger partial charge is 0.454 e. The second-order valence-corrected chi connectivity index (χ2v) is 11.2. The summed E-state index contributed by atoms with van der Waals surface area (Å²) < 4.78 is 49.4. The van der Waals surface area contributed by atoms with Crippen molar-refractivity contribution in [2.24, 2.45) is 11.7 Å². The molecule has 3 atom stereocenters. The van der Waals surface area contributed by atoms with E-state index in [1.807, 2.05) is 30.3 Å². The Morgan fingerprint density at radius 1 is 0.911 bits per heavy atom. The Balaban J connectivity index is 1.99. The molecule has 3 aromatic rings. The van der Waals surface area contributed by atoms with Crippen LogP contribution >= 0.6 is 0 Å². The Bertz CT molecular complexity index is 1610. The van der Waals surface area contributed by atoms with E-state index in [1.54, 1.807) is 32.0 Å². The van der Waals surface area contributed by atoms with E-state index in [2.05, 4.69) is 0 Å². The standard InChI is InChI=1S/C34H34F3N3O5/c1-21(2)30-31(43)40(33(38,32(44)34(35,36)37)29(22(3)41)25-14-9-6-10-15-25)28(19-39(30)23(4)42)26-16-11-17-27(18-26)45-20-24-12-7-5-8-13-24/h5-19,21,29-30H,20,38H2,1-4H3/t29?,30-,33?/m1/s1. The molecule has 4 rings (SSSR count). The fourth-order valence-corrected chi connectivity index (χ4v) is 5.64. The average molecular weight is 622 g/mol. The van der Waals surface area contributed by atoms with Crippen LogP contribution in [0.5, 0.6) is 5.75 Å². The number of hydrogen-bond acceptors (Lipinski definition) is 6. The van der Waals surface area contributed by atoms with Gasteiger partial charge in [0.05, 0.1) is 11.6 Å². The van der Waals surface area contributed by atoms with E-state index in [4.69, 9.17) is 10.5 Å². The zero-order valence-corrected chi connectivity index (χ0v) is 25.2. The number of Topliss-reactive ketones (excluding diaryl/α,β-unsaturated/α-hetero) is 2. The first kappa shape index (κ1) is 33.1. The molecule has 0 saturated heterocycles. The third-order valence-electron chi connectivity index (χ3n) is 7.62. The normalized spacial score (nSPS) is 17.4. The van der Waals surface area contributed by atoms with E-state index < -0.39 is 53.1 Å². The predicted octanol–water partition coefficient (Wildman–Crippen LogP) is 5.44. The number of carbonyl (C=O) groups excluding carboxylic acids is 4. The van der Waals surface area contributed by atoms with Gasteiger partial charge in [0.1, 0.15) is 24.2 Å². The van der Waals surface area contributed by atoms with E-state index in [0.29, 0.717) is 10.6 Å². The number of alkyl halides is 3. The Morgan fingerprint density at radius 3 is 2.04 bits per heavy atom. The molecule has 2 amide bonds. The van der Waals surface area contributed by atoms with Crippen molar-refractivity contribution in [3.63, 3.8) is 0 Å². The van der Waals surface area contributed by atoms with Gasteiger partial charge >= 0.3 is 6.18 Å². The van der Waals surface area contributed by atoms with Gasteiger partial charge in [-0.3, -0.25) is 24.1 Å². The number of halogens is 3. The molecular weight excluding hydrogens is 587 g/mol. The average Bonchev–Trinajstić information content (AvgIpc) is 2.99. The van der Waals surface area contributed by atoms with Gasteiger partial charge in [-0.1, -0.05) is 86.6 Å². The maximum atomic E-state index is 14.5. The number of carbonyl (C=O) groups is 4. The minimum absolute atomic E-state index is 0.00675. The number of hydrogen-bond donors (Lipinski definition) is 1. The molecule has 1 aliphatic rings. The number of benzene rings is 3. The first-order valence-electron chi connectivity index (χ1n) is 14.3. The summed E-state index contributed by atoms with van der Waals surface area (Å²) in [5.41, 5.74) is 4.03. The molecule has 0 radical (unpaired) electrons. The van der Waals surface area contributed by atoms with Crippen LogP contribution in [-0.4, -0.2) is 51.1 Å². The van der Waals surface area contributed by atoms with Crippen molar-refractivity contribution in [3.8, 4) is 5.75 Å². The van der Waals surface area contributed by atoms with Crippen LogP contribution in [-0.2, 0) is 25.8 Å². The van der Waals surface area contributed by atoms with Crippen LogP contribution < -0.4 is 10.5 Å². The summed E-state index contributed by atoms with van der Waals surface area (Å²) in [7, 11) is 0. The van der Waals surface area contributed by atoms with Gasteiger partial charge < -0.3 is 15.4 Å². The van der Waals surface area contributed by atoms with Crippen LogP contribution in [0, 0.1) is 5.92 Å². The SMILES string of the molecule is CC(=O)C(c1ccccc1)C(N)(C(=O)C(F)(F)F)N1C(=O)[C@@H](C(C)C)N(C(C)=O)C=C1c1cccc(OCc2ccccc2)c1. The molecule has 236 valence electrons. The first-order valence-corrected chi connectivity index (χ1v) is 14.3. The molecular formula is C34H34F3N3O5. The molecule has 0 aliphatic carbocycles. The van der Waals surface area contributed by atoms with Crippen LogP contribution in [0.25, 0.3) is 5.70 Å². The Morgan fingerprint density at radius 2 is 1.51 bits per heavy atom. The molecule has 45 heavy (non-hydrogen) atoms. The van der Waals surface area contributed by atoms with E-state index in [1.165, 1.54) is 49.5 Å². The molecule has 0 saturated carbocycles. The number of ketones is 2. The zero-order valence-electron chi connectivity index (χ0n) is 25.2. The molecule has 3 aromatic carbocycles. The van der Waals surface area contributed by atoms with Crippen LogP contribution in [0.2, 0.25) is 0 Å². The fraction of sp³-hybridized carbons (Fsp3) is 0.294. The highest BCUT2D eigenvalue weighted by Crippen LogP contribution is 2.43. The highest BCUT2D eigenvalue weighted by Gasteiger charge is 2.63. The molecule has 1 heterocycles. The van der Waals surface area contributed by atoms with E-state index in [9.17, 15) is 32.3 Å². The van der Waals surface area contributed by atoms with E-state index in [0.717, 1.165) is 17.4 Å². The van der Waals surface area contributed by atoms with Crippen molar-refractivity contribution in [1.82, 2.24) is 9.80 Å². The van der Waals surface area contributed by atoms with Crippen LogP contribution in [0.3, 0.4) is 0 Å². The molecule has 0 fully saturated rings. The Labute approximate surface area is 259 Å². The molecule has 11 heteroatoms. The molecule has 8 nitrogen and oxygen atoms in total. The van der Waals surface area contributed by atoms with Crippen LogP contribution in [0.4, 0.5) is 13.2 Å². The molecule has 0 spiro atoms. The number of nitrogens with zero attached hydrogens (tertiary/aromatic N) is 2. The molecule has 1 aliphatic heterocycles. The van der Waals surface area contributed by atoms with Gasteiger partial charge in [0.2, 0.25) is 5.91 Å². The number of rotatable bonds is 10. The Kier molecular flexibility index (Phi) is 9.62. The highest BCUT2D eigenvalue weighted by molar-refractivity contribution is 6.07. The zero-order chi connectivity index (χ0) is 33.1. The van der Waals surface area contributed by atoms with Gasteiger partial charge in [-0.15, -0.1) is 0 Å². The minimum Gasteiger partial charge on any atom is -0.489 e. The van der Waals surface area contributed by atoms with Crippen molar-refractivity contribution in [2.75, 3.05) is 0 Å². The van der Waals surface area contributed by atoms with Crippen LogP contribution in [0.1, 0.15) is 50.3 Å². The number of ether oxygens (including phenoxy) is 1. The Hall–Kier alpha value is -4.77. The quantitative estimate of drug-likeness (QED) is 0.323. The lowest BCUT2D eigenvalue weighted by atomic mass is 9.77. The summed E-state index contributed by atoms with van der Waals surface area (Å²) in [4.78, 5) is 55.7. The van der Waals surface area contributed by atoms with Crippen LogP contribution in [0.15, 0.2) is 91.1 Å². The maximum absolute atomic E-state index is 14.5. The topological polar surface area (TPSA) is 110 Å². The predicted molar refractivity (Wildman–Crippen MR) is 161 cm³/mol. The third-order valence-corrected chi connectivity index (χ3v) is 7.62. The molecule has 2 unspecified atom stereocenters. The van der Waals surface area contributed by atoms with Gasteiger partial charge in [-0.2, -0.15) is 13.2 Å². The van der Waals surface area contributed by atoms with Crippen molar-refractivity contribution < 1.29 is 37.1 Å². The monoisotopic (exact) mass is 621 g/mol. The van der Waals surface area contributed by atoms with Crippen molar-refractivity contribution in [3.05, 3.63) is 108 Å². The number of nitrogens with two attached hydrogens (primary N) is 1. The summed E-state index contributed by atoms with van der Waals surface area (Å²) >= 11 is 0. The highest BCUT2D eigenvalue weighted by atomic mass is 19.4. The molecule has 0 aromatic heterocycles.